The molecule has 0 saturated heterocycles. The van der Waals surface area contributed by atoms with Crippen molar-refractivity contribution in [3.63, 3.8) is 0 Å². The molecule has 0 spiro atoms. The van der Waals surface area contributed by atoms with Crippen LogP contribution in [0.1, 0.15) is 5.56 Å². The van der Waals surface area contributed by atoms with Gasteiger partial charge in [0, 0.05) is 12.2 Å². The molecular weight excluding hydrogens is 333 g/mol. The van der Waals surface area contributed by atoms with Crippen LogP contribution in [-0.4, -0.2) is 11.0 Å². The highest BCUT2D eigenvalue weighted by molar-refractivity contribution is 6.01. The zero-order valence-corrected chi connectivity index (χ0v) is 13.9. The van der Waals surface area contributed by atoms with Crippen molar-refractivity contribution in [2.24, 2.45) is 0 Å². The number of aromatic nitrogens is 1. The van der Waals surface area contributed by atoms with Crippen molar-refractivity contribution in [3.05, 3.63) is 78.1 Å². The zero-order valence-electron chi connectivity index (χ0n) is 13.9. The number of pyridine rings is 1. The fourth-order valence-electron chi connectivity index (χ4n) is 2.28. The van der Waals surface area contributed by atoms with Crippen LogP contribution in [0.25, 0.3) is 0 Å². The van der Waals surface area contributed by atoms with Crippen LogP contribution in [0, 0.1) is 5.82 Å². The maximum absolute atomic E-state index is 12.9. The van der Waals surface area contributed by atoms with E-state index in [-0.39, 0.29) is 11.6 Å². The lowest BCUT2D eigenvalue weighted by atomic mass is 10.2. The SMILES string of the molecule is Nc1nc(NCc2ccc(F)cc2)ccc1NC(=O)Nc1ccccc1. The Morgan fingerprint density at radius 2 is 1.69 bits per heavy atom. The molecule has 0 bridgehead atoms. The Morgan fingerprint density at radius 3 is 2.38 bits per heavy atom. The lowest BCUT2D eigenvalue weighted by Gasteiger charge is -2.11. The molecule has 0 radical (unpaired) electrons. The summed E-state index contributed by atoms with van der Waals surface area (Å²) in [6.45, 7) is 0.480. The van der Waals surface area contributed by atoms with Crippen molar-refractivity contribution in [3.8, 4) is 0 Å². The van der Waals surface area contributed by atoms with Crippen LogP contribution >= 0.6 is 0 Å². The average molecular weight is 351 g/mol. The first-order valence-corrected chi connectivity index (χ1v) is 7.98. The van der Waals surface area contributed by atoms with Crippen molar-refractivity contribution < 1.29 is 9.18 Å². The molecule has 3 rings (SSSR count). The number of nitrogen functional groups attached to an aromatic ring is 1. The molecule has 0 aliphatic rings. The molecule has 2 aromatic carbocycles. The number of amides is 2. The number of benzene rings is 2. The van der Waals surface area contributed by atoms with Gasteiger partial charge >= 0.3 is 6.03 Å². The van der Waals surface area contributed by atoms with Gasteiger partial charge in [0.2, 0.25) is 0 Å². The second kappa shape index (κ2) is 7.98. The first kappa shape index (κ1) is 17.2. The maximum atomic E-state index is 12.9. The number of urea groups is 1. The Labute approximate surface area is 150 Å². The highest BCUT2D eigenvalue weighted by Crippen LogP contribution is 2.19. The van der Waals surface area contributed by atoms with Gasteiger partial charge in [-0.1, -0.05) is 30.3 Å². The average Bonchev–Trinajstić information content (AvgIpc) is 2.64. The molecule has 26 heavy (non-hydrogen) atoms. The zero-order chi connectivity index (χ0) is 18.4. The van der Waals surface area contributed by atoms with Gasteiger partial charge in [-0.05, 0) is 42.0 Å². The summed E-state index contributed by atoms with van der Waals surface area (Å²) in [5.74, 6) is 0.471. The highest BCUT2D eigenvalue weighted by Gasteiger charge is 2.07. The standard InChI is InChI=1S/C19H18FN5O/c20-14-8-6-13(7-9-14)12-22-17-11-10-16(18(21)25-17)24-19(26)23-15-4-2-1-3-5-15/h1-11H,12H2,(H3,21,22,25)(H2,23,24,26). The van der Waals surface area contributed by atoms with Crippen molar-refractivity contribution in [1.82, 2.24) is 4.98 Å². The van der Waals surface area contributed by atoms with Gasteiger partial charge in [-0.3, -0.25) is 0 Å². The molecule has 1 heterocycles. The molecule has 0 unspecified atom stereocenters. The topological polar surface area (TPSA) is 92.1 Å². The van der Waals surface area contributed by atoms with Gasteiger partial charge in [-0.15, -0.1) is 0 Å². The number of nitrogens with two attached hydrogens (primary N) is 1. The molecule has 0 aliphatic carbocycles. The van der Waals surface area contributed by atoms with E-state index in [1.807, 2.05) is 18.2 Å². The Hall–Kier alpha value is -3.61. The van der Waals surface area contributed by atoms with Crippen LogP contribution in [0.4, 0.5) is 32.2 Å². The minimum Gasteiger partial charge on any atom is -0.382 e. The molecule has 5 N–H and O–H groups in total. The number of carbonyl (C=O) groups is 1. The third-order valence-electron chi connectivity index (χ3n) is 3.59. The normalized spacial score (nSPS) is 10.2. The van der Waals surface area contributed by atoms with E-state index in [2.05, 4.69) is 20.9 Å². The Bertz CT molecular complexity index is 884. The number of anilines is 4. The summed E-state index contributed by atoms with van der Waals surface area (Å²) in [5, 5.41) is 8.46. The second-order valence-corrected chi connectivity index (χ2v) is 5.55. The van der Waals surface area contributed by atoms with Crippen molar-refractivity contribution in [2.45, 2.75) is 6.54 Å². The van der Waals surface area contributed by atoms with Crippen molar-refractivity contribution >= 4 is 29.0 Å². The number of carbonyl (C=O) groups excluding carboxylic acids is 1. The predicted molar refractivity (Wildman–Crippen MR) is 101 cm³/mol. The Balaban J connectivity index is 1.58. The smallest absolute Gasteiger partial charge is 0.323 e. The summed E-state index contributed by atoms with van der Waals surface area (Å²) in [6.07, 6.45) is 0. The van der Waals surface area contributed by atoms with Gasteiger partial charge in [0.15, 0.2) is 0 Å². The van der Waals surface area contributed by atoms with Gasteiger partial charge in [0.1, 0.15) is 17.5 Å². The summed E-state index contributed by atoms with van der Waals surface area (Å²) >= 11 is 0. The number of rotatable bonds is 5. The summed E-state index contributed by atoms with van der Waals surface area (Å²) < 4.78 is 12.9. The molecule has 0 aliphatic heterocycles. The summed E-state index contributed by atoms with van der Waals surface area (Å²) in [5.41, 5.74) is 7.91. The van der Waals surface area contributed by atoms with Crippen LogP contribution < -0.4 is 21.7 Å². The molecule has 1 aromatic heterocycles. The Morgan fingerprint density at radius 1 is 0.962 bits per heavy atom. The lowest BCUT2D eigenvalue weighted by molar-refractivity contribution is 0.262. The molecule has 132 valence electrons. The van der Waals surface area contributed by atoms with Gasteiger partial charge in [-0.2, -0.15) is 0 Å². The largest absolute Gasteiger partial charge is 0.382 e. The monoisotopic (exact) mass is 351 g/mol. The second-order valence-electron chi connectivity index (χ2n) is 5.55. The number of hydrogen-bond acceptors (Lipinski definition) is 4. The van der Waals surface area contributed by atoms with Crippen LogP contribution in [0.2, 0.25) is 0 Å². The molecule has 2 amide bonds. The minimum atomic E-state index is -0.406. The van der Waals surface area contributed by atoms with Crippen molar-refractivity contribution in [2.75, 3.05) is 21.7 Å². The van der Waals surface area contributed by atoms with Gasteiger partial charge in [0.05, 0.1) is 5.69 Å². The first-order chi connectivity index (χ1) is 12.6. The third-order valence-corrected chi connectivity index (χ3v) is 3.59. The van der Waals surface area contributed by atoms with E-state index in [1.54, 1.807) is 36.4 Å². The minimum absolute atomic E-state index is 0.192. The Kier molecular flexibility index (Phi) is 5.28. The van der Waals surface area contributed by atoms with Crippen molar-refractivity contribution in [1.29, 1.82) is 0 Å². The predicted octanol–water partition coefficient (Wildman–Crippen LogP) is 4.06. The molecule has 7 heteroatoms. The summed E-state index contributed by atoms with van der Waals surface area (Å²) in [7, 11) is 0. The van der Waals surface area contributed by atoms with Gasteiger partial charge in [0.25, 0.3) is 0 Å². The van der Waals surface area contributed by atoms with Crippen LogP contribution in [0.15, 0.2) is 66.7 Å². The van der Waals surface area contributed by atoms with E-state index in [9.17, 15) is 9.18 Å². The fraction of sp³-hybridized carbons (Fsp3) is 0.0526. The lowest BCUT2D eigenvalue weighted by Crippen LogP contribution is -2.20. The number of halogens is 1. The van der Waals surface area contributed by atoms with E-state index < -0.39 is 6.03 Å². The van der Waals surface area contributed by atoms with Crippen LogP contribution in [0.3, 0.4) is 0 Å². The molecule has 0 atom stereocenters. The van der Waals surface area contributed by atoms with E-state index >= 15 is 0 Å². The van der Waals surface area contributed by atoms with E-state index in [4.69, 9.17) is 5.73 Å². The third kappa shape index (κ3) is 4.70. The molecule has 0 fully saturated rings. The van der Waals surface area contributed by atoms with Gasteiger partial charge in [-0.25, -0.2) is 14.2 Å². The molecule has 6 nitrogen and oxygen atoms in total. The molecule has 0 saturated carbocycles. The molecular formula is C19H18FN5O. The number of nitrogens with zero attached hydrogens (tertiary/aromatic N) is 1. The number of para-hydroxylation sites is 1. The van der Waals surface area contributed by atoms with Gasteiger partial charge < -0.3 is 21.7 Å². The van der Waals surface area contributed by atoms with Crippen LogP contribution in [-0.2, 0) is 6.54 Å². The first-order valence-electron chi connectivity index (χ1n) is 7.98. The van der Waals surface area contributed by atoms with E-state index in [0.717, 1.165) is 5.56 Å². The number of nitrogens with one attached hydrogen (secondary N) is 3. The highest BCUT2D eigenvalue weighted by atomic mass is 19.1. The fourth-order valence-corrected chi connectivity index (χ4v) is 2.28. The molecule has 3 aromatic rings. The maximum Gasteiger partial charge on any atom is 0.323 e. The van der Waals surface area contributed by atoms with Crippen LogP contribution in [0.5, 0.6) is 0 Å². The quantitative estimate of drug-likeness (QED) is 0.558. The van der Waals surface area contributed by atoms with E-state index in [1.165, 1.54) is 12.1 Å². The van der Waals surface area contributed by atoms with E-state index in [0.29, 0.717) is 23.7 Å². The summed E-state index contributed by atoms with van der Waals surface area (Å²) in [6, 6.07) is 18.2. The number of hydrogen-bond donors (Lipinski definition) is 4. The summed E-state index contributed by atoms with van der Waals surface area (Å²) in [4.78, 5) is 16.2.